The Kier molecular flexibility index (Phi) is 4.97. The molecule has 9 heteroatoms. The van der Waals surface area contributed by atoms with Crippen molar-refractivity contribution >= 4 is 23.3 Å². The topological polar surface area (TPSA) is 86.1 Å². The summed E-state index contributed by atoms with van der Waals surface area (Å²) >= 11 is 5.65. The Hall–Kier alpha value is -3.26. The minimum atomic E-state index is -0.582. The molecule has 164 valence electrons. The number of nitrogens with zero attached hydrogens (tertiary/aromatic N) is 3. The Balaban J connectivity index is 1.09. The second-order valence-corrected chi connectivity index (χ2v) is 9.14. The highest BCUT2D eigenvalue weighted by atomic mass is 35.5. The fourth-order valence-corrected chi connectivity index (χ4v) is 5.06. The molecule has 0 atom stereocenters. The Morgan fingerprint density at radius 1 is 1.16 bits per heavy atom. The van der Waals surface area contributed by atoms with Gasteiger partial charge in [-0.1, -0.05) is 11.6 Å². The maximum Gasteiger partial charge on any atom is 0.251 e. The Labute approximate surface area is 188 Å². The average Bonchev–Trinajstić information content (AvgIpc) is 3.27. The van der Waals surface area contributed by atoms with Crippen molar-refractivity contribution in [1.82, 2.24) is 20.1 Å². The molecule has 0 aliphatic heterocycles. The molecule has 1 N–H and O–H groups in total. The van der Waals surface area contributed by atoms with Gasteiger partial charge >= 0.3 is 0 Å². The number of Topliss-reactive ketones (excluding diaryl/α,β-unsaturated/α-hetero) is 1. The molecule has 3 aliphatic rings. The lowest BCUT2D eigenvalue weighted by molar-refractivity contribution is -0.162. The summed E-state index contributed by atoms with van der Waals surface area (Å²) < 4.78 is 20.5. The summed E-state index contributed by atoms with van der Waals surface area (Å²) in [6, 6.07) is 11.2. The monoisotopic (exact) mass is 454 g/mol. The first-order chi connectivity index (χ1) is 15.4. The van der Waals surface area contributed by atoms with Crippen LogP contribution in [-0.4, -0.2) is 38.6 Å². The minimum absolute atomic E-state index is 0.0102. The quantitative estimate of drug-likeness (QED) is 0.560. The molecule has 7 nitrogen and oxygen atoms in total. The number of aromatic nitrogens is 3. The highest BCUT2D eigenvalue weighted by Gasteiger charge is 2.68. The molecule has 1 heterocycles. The summed E-state index contributed by atoms with van der Waals surface area (Å²) in [7, 11) is 0. The zero-order chi connectivity index (χ0) is 22.3. The number of hydrogen-bond acceptors (Lipinski definition) is 5. The minimum Gasteiger partial charge on any atom is -0.486 e. The van der Waals surface area contributed by atoms with Crippen molar-refractivity contribution in [2.45, 2.75) is 31.2 Å². The van der Waals surface area contributed by atoms with Crippen molar-refractivity contribution in [2.24, 2.45) is 5.41 Å². The van der Waals surface area contributed by atoms with E-state index in [4.69, 9.17) is 16.3 Å². The number of nitrogens with one attached hydrogen (secondary N) is 1. The maximum atomic E-state index is 13.5. The molecular weight excluding hydrogens is 435 g/mol. The van der Waals surface area contributed by atoms with Gasteiger partial charge in [0.15, 0.2) is 5.78 Å². The molecule has 3 saturated carbocycles. The molecule has 3 aromatic rings. The van der Waals surface area contributed by atoms with E-state index in [0.717, 1.165) is 24.9 Å². The maximum absolute atomic E-state index is 13.5. The van der Waals surface area contributed by atoms with E-state index in [2.05, 4.69) is 15.4 Å². The number of carbonyl (C=O) groups excluding carboxylic acids is 2. The average molecular weight is 455 g/mol. The molecule has 6 rings (SSSR count). The predicted octanol–water partition coefficient (Wildman–Crippen LogP) is 3.75. The van der Waals surface area contributed by atoms with E-state index < -0.39 is 5.82 Å². The summed E-state index contributed by atoms with van der Waals surface area (Å²) in [5, 5.41) is 7.20. The molecule has 0 radical (unpaired) electrons. The second-order valence-electron chi connectivity index (χ2n) is 8.73. The zero-order valence-electron chi connectivity index (χ0n) is 17.1. The summed E-state index contributed by atoms with van der Waals surface area (Å²) in [4.78, 5) is 28.9. The number of ketones is 1. The van der Waals surface area contributed by atoms with Gasteiger partial charge in [-0.25, -0.2) is 14.1 Å². The van der Waals surface area contributed by atoms with Gasteiger partial charge in [0.2, 0.25) is 0 Å². The predicted molar refractivity (Wildman–Crippen MR) is 114 cm³/mol. The second kappa shape index (κ2) is 7.70. The lowest BCUT2D eigenvalue weighted by Crippen LogP contribution is -2.75. The third-order valence-electron chi connectivity index (χ3n) is 6.19. The number of amides is 1. The molecule has 1 amide bonds. The van der Waals surface area contributed by atoms with Crippen LogP contribution in [0.4, 0.5) is 4.39 Å². The van der Waals surface area contributed by atoms with Crippen LogP contribution in [0.2, 0.25) is 5.02 Å². The Morgan fingerprint density at radius 2 is 1.91 bits per heavy atom. The molecule has 0 saturated heterocycles. The highest BCUT2D eigenvalue weighted by Crippen LogP contribution is 2.69. The van der Waals surface area contributed by atoms with Crippen molar-refractivity contribution in [2.75, 3.05) is 6.61 Å². The van der Waals surface area contributed by atoms with Crippen molar-refractivity contribution in [3.05, 3.63) is 71.5 Å². The summed E-state index contributed by atoms with van der Waals surface area (Å²) in [5.41, 5.74) is 1.12. The largest absolute Gasteiger partial charge is 0.486 e. The summed E-state index contributed by atoms with van der Waals surface area (Å²) in [6.45, 7) is -0.111. The van der Waals surface area contributed by atoms with Crippen LogP contribution in [0.5, 0.6) is 5.75 Å². The van der Waals surface area contributed by atoms with Crippen molar-refractivity contribution in [1.29, 1.82) is 0 Å². The van der Waals surface area contributed by atoms with Crippen LogP contribution < -0.4 is 10.1 Å². The fraction of sp³-hybridized carbons (Fsp3) is 0.304. The first kappa shape index (κ1) is 20.6. The van der Waals surface area contributed by atoms with Crippen LogP contribution in [0.3, 0.4) is 0 Å². The van der Waals surface area contributed by atoms with Crippen LogP contribution in [-0.2, 0) is 4.79 Å². The number of carbonyl (C=O) groups is 2. The van der Waals surface area contributed by atoms with Crippen LogP contribution >= 0.6 is 11.6 Å². The molecule has 0 unspecified atom stereocenters. The van der Waals surface area contributed by atoms with Gasteiger partial charge in [-0.05, 0) is 61.1 Å². The molecular formula is C23H20ClFN4O3. The van der Waals surface area contributed by atoms with E-state index in [1.54, 1.807) is 23.1 Å². The van der Waals surface area contributed by atoms with Crippen LogP contribution in [0.15, 0.2) is 55.1 Å². The third-order valence-corrected chi connectivity index (χ3v) is 6.50. The first-order valence-electron chi connectivity index (χ1n) is 10.2. The number of halogens is 2. The molecule has 3 fully saturated rings. The standard InChI is InChI=1S/C23H20ClFN4O3/c24-19-6-5-18(7-20(19)25)32-9-17(30)8-22-10-23(11-22,12-22)28-21(31)15-1-3-16(4-2-15)29-14-26-13-27-29/h1-7,13-14H,8-12H2,(H,28,31). The Bertz CT molecular complexity index is 1160. The van der Waals surface area contributed by atoms with Gasteiger partial charge in [0.1, 0.15) is 30.8 Å². The van der Waals surface area contributed by atoms with E-state index in [1.807, 2.05) is 12.1 Å². The molecule has 2 bridgehead atoms. The Morgan fingerprint density at radius 3 is 2.56 bits per heavy atom. The lowest BCUT2D eigenvalue weighted by Gasteiger charge is -2.70. The number of benzene rings is 2. The van der Waals surface area contributed by atoms with Crippen molar-refractivity contribution < 1.29 is 18.7 Å². The van der Waals surface area contributed by atoms with E-state index in [9.17, 15) is 14.0 Å². The van der Waals surface area contributed by atoms with Gasteiger partial charge in [0.25, 0.3) is 5.91 Å². The summed E-state index contributed by atoms with van der Waals surface area (Å²) in [6.07, 6.45) is 5.79. The smallest absolute Gasteiger partial charge is 0.251 e. The molecule has 2 aromatic carbocycles. The van der Waals surface area contributed by atoms with E-state index >= 15 is 0 Å². The van der Waals surface area contributed by atoms with Gasteiger partial charge in [0.05, 0.1) is 10.7 Å². The van der Waals surface area contributed by atoms with Crippen molar-refractivity contribution in [3.63, 3.8) is 0 Å². The molecule has 3 aliphatic carbocycles. The van der Waals surface area contributed by atoms with Crippen LogP contribution in [0.1, 0.15) is 36.0 Å². The number of rotatable bonds is 8. The third kappa shape index (κ3) is 3.86. The molecule has 1 aromatic heterocycles. The molecule has 0 spiro atoms. The zero-order valence-corrected chi connectivity index (χ0v) is 17.8. The van der Waals surface area contributed by atoms with Crippen LogP contribution in [0, 0.1) is 11.2 Å². The van der Waals surface area contributed by atoms with E-state index in [-0.39, 0.29) is 40.0 Å². The number of ether oxygens (including phenoxy) is 1. The van der Waals surface area contributed by atoms with Gasteiger partial charge in [-0.15, -0.1) is 0 Å². The highest BCUT2D eigenvalue weighted by molar-refractivity contribution is 6.30. The normalized spacial score (nSPS) is 23.1. The van der Waals surface area contributed by atoms with Gasteiger partial charge < -0.3 is 10.1 Å². The molecule has 32 heavy (non-hydrogen) atoms. The van der Waals surface area contributed by atoms with Crippen LogP contribution in [0.25, 0.3) is 5.69 Å². The fourth-order valence-electron chi connectivity index (χ4n) is 4.94. The van der Waals surface area contributed by atoms with Gasteiger partial charge in [0, 0.05) is 23.6 Å². The van der Waals surface area contributed by atoms with E-state index in [0.29, 0.717) is 12.0 Å². The van der Waals surface area contributed by atoms with E-state index in [1.165, 1.54) is 24.5 Å². The van der Waals surface area contributed by atoms with Gasteiger partial charge in [-0.2, -0.15) is 5.10 Å². The van der Waals surface area contributed by atoms with Gasteiger partial charge in [-0.3, -0.25) is 9.59 Å². The summed E-state index contributed by atoms with van der Waals surface area (Å²) in [5.74, 6) is -0.468. The first-order valence-corrected chi connectivity index (χ1v) is 10.6. The lowest BCUT2D eigenvalue weighted by atomic mass is 9.38. The van der Waals surface area contributed by atoms with Crippen molar-refractivity contribution in [3.8, 4) is 11.4 Å². The SMILES string of the molecule is O=C(COc1ccc(Cl)c(F)c1)CC12CC(NC(=O)c3ccc(-n4cncn4)cc3)(C1)C2. The number of hydrogen-bond donors (Lipinski definition) is 1.